The molecule has 0 saturated heterocycles. The highest BCUT2D eigenvalue weighted by Gasteiger charge is 2.09. The molecule has 0 saturated carbocycles. The molecule has 0 amide bonds. The first-order chi connectivity index (χ1) is 6.65. The van der Waals surface area contributed by atoms with Crippen LogP contribution < -0.4 is 0 Å². The van der Waals surface area contributed by atoms with Crippen LogP contribution in [-0.4, -0.2) is 10.8 Å². The van der Waals surface area contributed by atoms with E-state index in [0.717, 1.165) is 24.1 Å². The number of hydrogen-bond acceptors (Lipinski definition) is 2. The molecule has 0 aliphatic heterocycles. The zero-order valence-electron chi connectivity index (χ0n) is 8.46. The standard InChI is InChI=1S/C11H14BrNO/c1-3-4-10(12)11-7-9(8(2)14)5-6-13-11/h5-7,10H,3-4H2,1-2H3. The van der Waals surface area contributed by atoms with Gasteiger partial charge in [-0.3, -0.25) is 9.78 Å². The number of carbonyl (C=O) groups is 1. The van der Waals surface area contributed by atoms with Gasteiger partial charge >= 0.3 is 0 Å². The Bertz CT molecular complexity index is 325. The minimum Gasteiger partial charge on any atom is -0.295 e. The van der Waals surface area contributed by atoms with Crippen molar-refractivity contribution in [3.63, 3.8) is 0 Å². The van der Waals surface area contributed by atoms with Crippen molar-refractivity contribution in [3.8, 4) is 0 Å². The minimum absolute atomic E-state index is 0.0878. The fraction of sp³-hybridized carbons (Fsp3) is 0.455. The molecule has 0 N–H and O–H groups in total. The Morgan fingerprint density at radius 2 is 2.36 bits per heavy atom. The van der Waals surface area contributed by atoms with E-state index in [-0.39, 0.29) is 10.6 Å². The fourth-order valence-electron chi connectivity index (χ4n) is 1.24. The van der Waals surface area contributed by atoms with E-state index in [1.54, 1.807) is 19.2 Å². The first-order valence-corrected chi connectivity index (χ1v) is 5.67. The molecule has 1 unspecified atom stereocenters. The van der Waals surface area contributed by atoms with Crippen molar-refractivity contribution in [2.45, 2.75) is 31.5 Å². The van der Waals surface area contributed by atoms with E-state index < -0.39 is 0 Å². The molecule has 14 heavy (non-hydrogen) atoms. The topological polar surface area (TPSA) is 30.0 Å². The van der Waals surface area contributed by atoms with Gasteiger partial charge in [-0.05, 0) is 25.5 Å². The van der Waals surface area contributed by atoms with E-state index in [9.17, 15) is 4.79 Å². The van der Waals surface area contributed by atoms with Gasteiger partial charge in [0, 0.05) is 11.8 Å². The predicted molar refractivity (Wildman–Crippen MR) is 60.8 cm³/mol. The number of ketones is 1. The molecule has 2 nitrogen and oxygen atoms in total. The van der Waals surface area contributed by atoms with Crippen molar-refractivity contribution in [1.29, 1.82) is 0 Å². The van der Waals surface area contributed by atoms with Crippen molar-refractivity contribution in [3.05, 3.63) is 29.6 Å². The number of rotatable bonds is 4. The Balaban J connectivity index is 2.87. The lowest BCUT2D eigenvalue weighted by molar-refractivity contribution is 0.101. The Hall–Kier alpha value is -0.700. The average Bonchev–Trinajstić information content (AvgIpc) is 2.18. The van der Waals surface area contributed by atoms with Gasteiger partial charge in [0.2, 0.25) is 0 Å². The molecular formula is C11H14BrNO. The highest BCUT2D eigenvalue weighted by atomic mass is 79.9. The van der Waals surface area contributed by atoms with Crippen LogP contribution in [0.15, 0.2) is 18.3 Å². The van der Waals surface area contributed by atoms with Gasteiger partial charge in [-0.25, -0.2) is 0 Å². The van der Waals surface area contributed by atoms with E-state index in [1.165, 1.54) is 0 Å². The second kappa shape index (κ2) is 5.25. The summed E-state index contributed by atoms with van der Waals surface area (Å²) in [6.45, 7) is 3.70. The summed E-state index contributed by atoms with van der Waals surface area (Å²) in [5.74, 6) is 0.0878. The van der Waals surface area contributed by atoms with Crippen LogP contribution in [-0.2, 0) is 0 Å². The Labute approximate surface area is 92.9 Å². The van der Waals surface area contributed by atoms with Crippen molar-refractivity contribution in [1.82, 2.24) is 4.98 Å². The fourth-order valence-corrected chi connectivity index (χ4v) is 1.95. The SMILES string of the molecule is CCCC(Br)c1cc(C(C)=O)ccn1. The van der Waals surface area contributed by atoms with Gasteiger partial charge in [0.15, 0.2) is 5.78 Å². The second-order valence-corrected chi connectivity index (χ2v) is 4.39. The molecular weight excluding hydrogens is 242 g/mol. The van der Waals surface area contributed by atoms with Crippen molar-refractivity contribution < 1.29 is 4.79 Å². The van der Waals surface area contributed by atoms with Gasteiger partial charge in [-0.1, -0.05) is 29.3 Å². The van der Waals surface area contributed by atoms with Crippen LogP contribution >= 0.6 is 15.9 Å². The summed E-state index contributed by atoms with van der Waals surface area (Å²) < 4.78 is 0. The maximum absolute atomic E-state index is 11.1. The van der Waals surface area contributed by atoms with Crippen LogP contribution in [0.25, 0.3) is 0 Å². The Kier molecular flexibility index (Phi) is 4.26. The highest BCUT2D eigenvalue weighted by molar-refractivity contribution is 9.09. The molecule has 0 aliphatic rings. The van der Waals surface area contributed by atoms with E-state index in [0.29, 0.717) is 0 Å². The minimum atomic E-state index is 0.0878. The van der Waals surface area contributed by atoms with Crippen molar-refractivity contribution >= 4 is 21.7 Å². The van der Waals surface area contributed by atoms with Crippen LogP contribution in [0.4, 0.5) is 0 Å². The molecule has 1 atom stereocenters. The first-order valence-electron chi connectivity index (χ1n) is 4.76. The van der Waals surface area contributed by atoms with Crippen molar-refractivity contribution in [2.75, 3.05) is 0 Å². The maximum Gasteiger partial charge on any atom is 0.159 e. The van der Waals surface area contributed by atoms with Crippen LogP contribution in [0.2, 0.25) is 0 Å². The number of nitrogens with zero attached hydrogens (tertiary/aromatic N) is 1. The molecule has 0 aliphatic carbocycles. The first kappa shape index (κ1) is 11.4. The van der Waals surface area contributed by atoms with Crippen LogP contribution in [0.1, 0.15) is 47.6 Å². The smallest absolute Gasteiger partial charge is 0.159 e. The molecule has 1 rings (SSSR count). The normalized spacial score (nSPS) is 12.5. The van der Waals surface area contributed by atoms with E-state index >= 15 is 0 Å². The second-order valence-electron chi connectivity index (χ2n) is 3.28. The van der Waals surface area contributed by atoms with Gasteiger partial charge in [-0.15, -0.1) is 0 Å². The lowest BCUT2D eigenvalue weighted by Crippen LogP contribution is -1.98. The molecule has 76 valence electrons. The summed E-state index contributed by atoms with van der Waals surface area (Å²) in [5, 5.41) is 0. The number of aromatic nitrogens is 1. The third-order valence-electron chi connectivity index (χ3n) is 2.05. The van der Waals surface area contributed by atoms with Crippen LogP contribution in [0.3, 0.4) is 0 Å². The Morgan fingerprint density at radius 3 is 2.93 bits per heavy atom. The zero-order chi connectivity index (χ0) is 10.6. The lowest BCUT2D eigenvalue weighted by atomic mass is 10.1. The van der Waals surface area contributed by atoms with Gasteiger partial charge in [0.25, 0.3) is 0 Å². The van der Waals surface area contributed by atoms with Crippen molar-refractivity contribution in [2.24, 2.45) is 0 Å². The summed E-state index contributed by atoms with van der Waals surface area (Å²) >= 11 is 3.56. The molecule has 0 radical (unpaired) electrons. The summed E-state index contributed by atoms with van der Waals surface area (Å²) in [5.41, 5.74) is 1.68. The number of hydrogen-bond donors (Lipinski definition) is 0. The zero-order valence-corrected chi connectivity index (χ0v) is 10.0. The molecule has 1 aromatic heterocycles. The number of pyridine rings is 1. The van der Waals surface area contributed by atoms with E-state index in [1.807, 2.05) is 6.07 Å². The number of Topliss-reactive ketones (excluding diaryl/α,β-unsaturated/α-hetero) is 1. The van der Waals surface area contributed by atoms with Gasteiger partial charge in [0.05, 0.1) is 10.5 Å². The van der Waals surface area contributed by atoms with Gasteiger partial charge in [0.1, 0.15) is 0 Å². The van der Waals surface area contributed by atoms with Gasteiger partial charge < -0.3 is 0 Å². The number of carbonyl (C=O) groups excluding carboxylic acids is 1. The number of alkyl halides is 1. The van der Waals surface area contributed by atoms with E-state index in [2.05, 4.69) is 27.8 Å². The van der Waals surface area contributed by atoms with E-state index in [4.69, 9.17) is 0 Å². The maximum atomic E-state index is 11.1. The molecule has 0 fully saturated rings. The third-order valence-corrected chi connectivity index (χ3v) is 2.98. The summed E-state index contributed by atoms with van der Waals surface area (Å²) in [6, 6.07) is 3.61. The predicted octanol–water partition coefficient (Wildman–Crippen LogP) is 3.52. The Morgan fingerprint density at radius 1 is 1.64 bits per heavy atom. The number of halogens is 1. The summed E-state index contributed by atoms with van der Waals surface area (Å²) in [4.78, 5) is 15.6. The average molecular weight is 256 g/mol. The van der Waals surface area contributed by atoms with Crippen LogP contribution in [0, 0.1) is 0 Å². The molecule has 0 aromatic carbocycles. The summed E-state index contributed by atoms with van der Waals surface area (Å²) in [7, 11) is 0. The van der Waals surface area contributed by atoms with Gasteiger partial charge in [-0.2, -0.15) is 0 Å². The quantitative estimate of drug-likeness (QED) is 0.609. The molecule has 1 heterocycles. The molecule has 0 bridgehead atoms. The highest BCUT2D eigenvalue weighted by Crippen LogP contribution is 2.26. The molecule has 0 spiro atoms. The lowest BCUT2D eigenvalue weighted by Gasteiger charge is -2.08. The molecule has 3 heteroatoms. The largest absolute Gasteiger partial charge is 0.295 e. The third kappa shape index (κ3) is 2.91. The monoisotopic (exact) mass is 255 g/mol. The van der Waals surface area contributed by atoms with Crippen LogP contribution in [0.5, 0.6) is 0 Å². The summed E-state index contributed by atoms with van der Waals surface area (Å²) in [6.07, 6.45) is 3.83. The molecule has 1 aromatic rings.